The van der Waals surface area contributed by atoms with E-state index in [0.29, 0.717) is 0 Å². The molecule has 0 atom stereocenters. The first-order valence-electron chi connectivity index (χ1n) is 6.74. The quantitative estimate of drug-likeness (QED) is 0.549. The highest BCUT2D eigenvalue weighted by Gasteiger charge is 2.24. The van der Waals surface area contributed by atoms with Gasteiger partial charge in [-0.15, -0.1) is 0 Å². The smallest absolute Gasteiger partial charge is 0.429 e. The monoisotopic (exact) mass is 273 g/mol. The van der Waals surface area contributed by atoms with Crippen molar-refractivity contribution >= 4 is 7.69 Å². The van der Waals surface area contributed by atoms with Crippen LogP contribution in [-0.4, -0.2) is 17.7 Å². The number of rotatable bonds is 2. The van der Waals surface area contributed by atoms with Gasteiger partial charge in [-0.3, -0.25) is 0 Å². The van der Waals surface area contributed by atoms with Crippen LogP contribution in [0, 0.1) is 0 Å². The molecule has 21 heavy (non-hydrogen) atoms. The van der Waals surface area contributed by atoms with E-state index >= 15 is 0 Å². The van der Waals surface area contributed by atoms with Crippen molar-refractivity contribution in [3.8, 4) is 33.4 Å². The first kappa shape index (κ1) is 13.6. The van der Waals surface area contributed by atoms with Crippen LogP contribution >= 0.6 is 0 Å². The van der Waals surface area contributed by atoms with Gasteiger partial charge in [-0.05, 0) is 45.5 Å². The van der Waals surface area contributed by atoms with Crippen molar-refractivity contribution in [2.75, 3.05) is 0 Å². The molecule has 0 saturated heterocycles. The largest absolute Gasteiger partial charge is 0.482 e. The molecule has 2 aromatic carbocycles. The second-order valence-electron chi connectivity index (χ2n) is 4.79. The highest BCUT2D eigenvalue weighted by Crippen LogP contribution is 2.51. The van der Waals surface area contributed by atoms with Gasteiger partial charge in [0.05, 0.1) is 0 Å². The van der Waals surface area contributed by atoms with Gasteiger partial charge < -0.3 is 10.0 Å². The summed E-state index contributed by atoms with van der Waals surface area (Å²) in [5.41, 5.74) is 8.23. The average molecular weight is 273 g/mol. The van der Waals surface area contributed by atoms with Crippen LogP contribution in [0.5, 0.6) is 0 Å². The molecule has 0 fully saturated rings. The molecule has 101 valence electrons. The van der Waals surface area contributed by atoms with Gasteiger partial charge in [-0.2, -0.15) is 0 Å². The van der Waals surface area contributed by atoms with Crippen molar-refractivity contribution < 1.29 is 10.0 Å². The second-order valence-corrected chi connectivity index (χ2v) is 4.79. The lowest BCUT2D eigenvalue weighted by atomic mass is 9.76. The van der Waals surface area contributed by atoms with Crippen LogP contribution in [0.3, 0.4) is 0 Å². The molecule has 0 aliphatic heterocycles. The van der Waals surface area contributed by atoms with Crippen LogP contribution in [0.4, 0.5) is 0 Å². The van der Waals surface area contributed by atoms with E-state index in [1.807, 2.05) is 0 Å². The van der Waals surface area contributed by atoms with Gasteiger partial charge in [0.1, 0.15) is 0 Å². The molecule has 0 spiro atoms. The highest BCUT2D eigenvalue weighted by molar-refractivity contribution is 6.13. The summed E-state index contributed by atoms with van der Waals surface area (Å²) in [6, 6.07) is 25.8. The Balaban J connectivity index is 0.000000409. The van der Waals surface area contributed by atoms with E-state index in [2.05, 4.69) is 72.8 Å². The molecule has 1 radical (unpaired) electrons. The number of fused-ring (bicyclic) bond motifs is 1. The summed E-state index contributed by atoms with van der Waals surface area (Å²) < 4.78 is 0. The summed E-state index contributed by atoms with van der Waals surface area (Å²) in [5, 5.41) is 14.0. The Morgan fingerprint density at radius 2 is 0.952 bits per heavy atom. The van der Waals surface area contributed by atoms with E-state index in [1.165, 1.54) is 33.4 Å². The van der Waals surface area contributed by atoms with Crippen LogP contribution in [0.2, 0.25) is 0 Å². The predicted molar refractivity (Wildman–Crippen MR) is 86.5 cm³/mol. The zero-order valence-corrected chi connectivity index (χ0v) is 11.4. The molecule has 0 aromatic heterocycles. The maximum atomic E-state index is 7.00. The van der Waals surface area contributed by atoms with E-state index in [-0.39, 0.29) is 7.69 Å². The maximum Gasteiger partial charge on any atom is 0.482 e. The summed E-state index contributed by atoms with van der Waals surface area (Å²) in [7, 11) is 0. The lowest BCUT2D eigenvalue weighted by Gasteiger charge is -2.27. The van der Waals surface area contributed by atoms with E-state index < -0.39 is 0 Å². The molecule has 0 heterocycles. The third-order valence-electron chi connectivity index (χ3n) is 3.60. The molecule has 2 aliphatic carbocycles. The Labute approximate surface area is 124 Å². The Bertz CT molecular complexity index is 679. The fourth-order valence-corrected chi connectivity index (χ4v) is 2.63. The van der Waals surface area contributed by atoms with Crippen molar-refractivity contribution in [3.63, 3.8) is 0 Å². The van der Waals surface area contributed by atoms with Crippen LogP contribution in [0.1, 0.15) is 0 Å². The lowest BCUT2D eigenvalue weighted by Crippen LogP contribution is -2.01. The van der Waals surface area contributed by atoms with Gasteiger partial charge in [0.15, 0.2) is 0 Å². The average Bonchev–Trinajstić information content (AvgIpc) is 2.52. The first-order valence-corrected chi connectivity index (χ1v) is 6.74. The molecule has 2 aliphatic rings. The maximum absolute atomic E-state index is 7.00. The Morgan fingerprint density at radius 3 is 1.29 bits per heavy atom. The SMILES string of the molecule is O[B]O.c1ccc(-c2cc3cc(-c4ccccc4)c2-3)cc1. The van der Waals surface area contributed by atoms with Gasteiger partial charge in [0, 0.05) is 0 Å². The third-order valence-corrected chi connectivity index (χ3v) is 3.60. The van der Waals surface area contributed by atoms with Crippen molar-refractivity contribution in [1.29, 1.82) is 0 Å². The fourth-order valence-electron chi connectivity index (χ4n) is 2.63. The fraction of sp³-hybridized carbons (Fsp3) is 0. The zero-order chi connectivity index (χ0) is 14.7. The third kappa shape index (κ3) is 2.49. The molecule has 4 rings (SSSR count). The highest BCUT2D eigenvalue weighted by atomic mass is 16.4. The van der Waals surface area contributed by atoms with E-state index in [9.17, 15) is 0 Å². The van der Waals surface area contributed by atoms with E-state index in [4.69, 9.17) is 10.0 Å². The van der Waals surface area contributed by atoms with Crippen LogP contribution < -0.4 is 0 Å². The van der Waals surface area contributed by atoms with Gasteiger partial charge in [-0.1, -0.05) is 60.7 Å². The van der Waals surface area contributed by atoms with Gasteiger partial charge in [0.25, 0.3) is 0 Å². The minimum atomic E-state index is 0. The first-order chi connectivity index (χ1) is 10.3. The van der Waals surface area contributed by atoms with Crippen molar-refractivity contribution in [2.45, 2.75) is 0 Å². The molecule has 2 nitrogen and oxygen atoms in total. The normalized spacial score (nSPS) is 10.4. The summed E-state index contributed by atoms with van der Waals surface area (Å²) >= 11 is 0. The molecule has 3 heteroatoms. The molecule has 0 amide bonds. The lowest BCUT2D eigenvalue weighted by molar-refractivity contribution is 0.448. The minimum Gasteiger partial charge on any atom is -0.429 e. The summed E-state index contributed by atoms with van der Waals surface area (Å²) in [6.07, 6.45) is 0. The van der Waals surface area contributed by atoms with Crippen molar-refractivity contribution in [2.24, 2.45) is 0 Å². The van der Waals surface area contributed by atoms with Gasteiger partial charge in [-0.25, -0.2) is 0 Å². The molecule has 0 saturated carbocycles. The molecule has 2 N–H and O–H groups in total. The zero-order valence-electron chi connectivity index (χ0n) is 11.4. The second kappa shape index (κ2) is 5.96. The molecule has 0 bridgehead atoms. The van der Waals surface area contributed by atoms with E-state index in [1.54, 1.807) is 0 Å². The number of hydrogen-bond acceptors (Lipinski definition) is 2. The minimum absolute atomic E-state index is 0. The topological polar surface area (TPSA) is 40.5 Å². The van der Waals surface area contributed by atoms with Crippen molar-refractivity contribution in [1.82, 2.24) is 0 Å². The standard InChI is InChI=1S/C18H12.BH2O2/c1-3-7-13(8-4-1)16-11-15-12-17(18(15)16)14-9-5-2-6-10-14;2-1-3/h1-12H;2-3H. The summed E-state index contributed by atoms with van der Waals surface area (Å²) in [5.74, 6) is 0. The van der Waals surface area contributed by atoms with Crippen LogP contribution in [0.15, 0.2) is 72.8 Å². The predicted octanol–water partition coefficient (Wildman–Crippen LogP) is 3.51. The Hall–Kier alpha value is -2.36. The summed E-state index contributed by atoms with van der Waals surface area (Å²) in [6.45, 7) is 0. The molecule has 0 unspecified atom stereocenters. The Morgan fingerprint density at radius 1 is 0.571 bits per heavy atom. The molecular weight excluding hydrogens is 259 g/mol. The summed E-state index contributed by atoms with van der Waals surface area (Å²) in [4.78, 5) is 0. The van der Waals surface area contributed by atoms with E-state index in [0.717, 1.165) is 0 Å². The molecular formula is C18H14BO2. The van der Waals surface area contributed by atoms with Crippen LogP contribution in [-0.2, 0) is 0 Å². The van der Waals surface area contributed by atoms with Crippen LogP contribution in [0.25, 0.3) is 33.4 Å². The number of benzene rings is 3. The Kier molecular flexibility index (Phi) is 3.86. The van der Waals surface area contributed by atoms with Crippen molar-refractivity contribution in [3.05, 3.63) is 72.8 Å². The molecule has 2 aromatic rings. The number of hydrogen-bond donors (Lipinski definition) is 2. The van der Waals surface area contributed by atoms with Gasteiger partial charge in [0.2, 0.25) is 0 Å². The van der Waals surface area contributed by atoms with Gasteiger partial charge >= 0.3 is 7.69 Å².